The maximum atomic E-state index is 12.1. The zero-order valence-electron chi connectivity index (χ0n) is 15.0. The van der Waals surface area contributed by atoms with Crippen molar-refractivity contribution in [3.63, 3.8) is 0 Å². The third kappa shape index (κ3) is 7.08. The van der Waals surface area contributed by atoms with E-state index in [1.807, 2.05) is 20.8 Å². The van der Waals surface area contributed by atoms with Crippen LogP contribution in [0.15, 0.2) is 0 Å². The summed E-state index contributed by atoms with van der Waals surface area (Å²) in [5.74, 6) is 0.703. The molecule has 5 nitrogen and oxygen atoms in total. The molecule has 1 amide bonds. The fourth-order valence-corrected chi connectivity index (χ4v) is 3.45. The summed E-state index contributed by atoms with van der Waals surface area (Å²) in [5, 5.41) is 6.83. The molecule has 0 spiro atoms. The largest absolute Gasteiger partial charge is 0.444 e. The molecule has 2 aliphatic rings. The molecule has 1 heterocycles. The Morgan fingerprint density at radius 2 is 1.70 bits per heavy atom. The van der Waals surface area contributed by atoms with Crippen LogP contribution in [0.4, 0.5) is 4.79 Å². The van der Waals surface area contributed by atoms with Crippen LogP contribution >= 0.6 is 0 Å². The molecule has 2 N–H and O–H groups in total. The lowest BCUT2D eigenvalue weighted by Crippen LogP contribution is -2.51. The second-order valence-electron chi connectivity index (χ2n) is 7.96. The molecule has 134 valence electrons. The quantitative estimate of drug-likeness (QED) is 0.779. The number of carbonyl (C=O) groups is 1. The summed E-state index contributed by atoms with van der Waals surface area (Å²) in [7, 11) is 0. The summed E-state index contributed by atoms with van der Waals surface area (Å²) >= 11 is 0. The molecule has 0 bridgehead atoms. The Morgan fingerprint density at radius 1 is 1.04 bits per heavy atom. The summed E-state index contributed by atoms with van der Waals surface area (Å²) < 4.78 is 10.9. The van der Waals surface area contributed by atoms with Crippen molar-refractivity contribution in [3.8, 4) is 0 Å². The van der Waals surface area contributed by atoms with Crippen LogP contribution in [0.3, 0.4) is 0 Å². The molecule has 2 unspecified atom stereocenters. The molecule has 2 rings (SSSR count). The van der Waals surface area contributed by atoms with Crippen molar-refractivity contribution in [1.29, 1.82) is 0 Å². The Kier molecular flexibility index (Phi) is 7.15. The first-order chi connectivity index (χ1) is 10.9. The summed E-state index contributed by atoms with van der Waals surface area (Å²) in [4.78, 5) is 12.1. The second-order valence-corrected chi connectivity index (χ2v) is 7.96. The van der Waals surface area contributed by atoms with Crippen LogP contribution in [-0.2, 0) is 9.47 Å². The standard InChI is InChI=1S/C18H34N2O3/c1-18(2,3)23-17(21)20-16-8-6-4-5-7-15(16)19-13-14-9-11-22-12-10-14/h14-16,19H,4-13H2,1-3H3,(H,20,21). The fourth-order valence-electron chi connectivity index (χ4n) is 3.45. The van der Waals surface area contributed by atoms with Gasteiger partial charge in [0.1, 0.15) is 5.60 Å². The van der Waals surface area contributed by atoms with Crippen LogP contribution in [0.25, 0.3) is 0 Å². The van der Waals surface area contributed by atoms with E-state index in [0.29, 0.717) is 12.0 Å². The number of ether oxygens (including phenoxy) is 2. The minimum absolute atomic E-state index is 0.173. The molecular formula is C18H34N2O3. The summed E-state index contributed by atoms with van der Waals surface area (Å²) in [5.41, 5.74) is -0.445. The first-order valence-corrected chi connectivity index (χ1v) is 9.25. The summed E-state index contributed by atoms with van der Waals surface area (Å²) in [6.07, 6.45) is 7.82. The van der Waals surface area contributed by atoms with Crippen LogP contribution in [0, 0.1) is 5.92 Å². The molecule has 5 heteroatoms. The number of hydrogen-bond acceptors (Lipinski definition) is 4. The number of carbonyl (C=O) groups excluding carboxylic acids is 1. The molecule has 1 aliphatic heterocycles. The van der Waals surface area contributed by atoms with Crippen molar-refractivity contribution >= 4 is 6.09 Å². The molecule has 0 aromatic rings. The van der Waals surface area contributed by atoms with Crippen molar-refractivity contribution in [1.82, 2.24) is 10.6 Å². The van der Waals surface area contributed by atoms with Crippen molar-refractivity contribution in [2.45, 2.75) is 83.4 Å². The van der Waals surface area contributed by atoms with Crippen LogP contribution in [0.5, 0.6) is 0 Å². The van der Waals surface area contributed by atoms with Gasteiger partial charge in [-0.3, -0.25) is 0 Å². The van der Waals surface area contributed by atoms with Crippen LogP contribution in [0.2, 0.25) is 0 Å². The Morgan fingerprint density at radius 3 is 2.35 bits per heavy atom. The molecule has 2 fully saturated rings. The van der Waals surface area contributed by atoms with Crippen molar-refractivity contribution in [3.05, 3.63) is 0 Å². The molecular weight excluding hydrogens is 292 g/mol. The molecule has 1 saturated carbocycles. The van der Waals surface area contributed by atoms with Gasteiger partial charge in [0.05, 0.1) is 0 Å². The van der Waals surface area contributed by atoms with E-state index in [9.17, 15) is 4.79 Å². The summed E-state index contributed by atoms with van der Waals surface area (Å²) in [6.45, 7) is 8.51. The van der Waals surface area contributed by atoms with E-state index in [2.05, 4.69) is 10.6 Å². The van der Waals surface area contributed by atoms with E-state index < -0.39 is 5.60 Å². The predicted molar refractivity (Wildman–Crippen MR) is 91.6 cm³/mol. The van der Waals surface area contributed by atoms with Crippen molar-refractivity contribution in [2.75, 3.05) is 19.8 Å². The molecule has 0 radical (unpaired) electrons. The topological polar surface area (TPSA) is 59.6 Å². The van der Waals surface area contributed by atoms with Gasteiger partial charge in [-0.2, -0.15) is 0 Å². The Labute approximate surface area is 140 Å². The lowest BCUT2D eigenvalue weighted by molar-refractivity contribution is 0.0484. The van der Waals surface area contributed by atoms with Gasteiger partial charge in [-0.05, 0) is 58.9 Å². The van der Waals surface area contributed by atoms with Crippen LogP contribution < -0.4 is 10.6 Å². The first kappa shape index (κ1) is 18.5. The minimum Gasteiger partial charge on any atom is -0.444 e. The van der Waals surface area contributed by atoms with E-state index >= 15 is 0 Å². The van der Waals surface area contributed by atoms with Gasteiger partial charge in [-0.1, -0.05) is 19.3 Å². The number of nitrogens with one attached hydrogen (secondary N) is 2. The Bertz CT molecular complexity index is 362. The van der Waals surface area contributed by atoms with E-state index in [0.717, 1.165) is 45.4 Å². The van der Waals surface area contributed by atoms with Gasteiger partial charge in [0, 0.05) is 25.3 Å². The maximum absolute atomic E-state index is 12.1. The van der Waals surface area contributed by atoms with Crippen LogP contribution in [-0.4, -0.2) is 43.5 Å². The molecule has 0 aromatic carbocycles. The predicted octanol–water partition coefficient (Wildman–Crippen LogP) is 3.23. The van der Waals surface area contributed by atoms with E-state index in [1.165, 1.54) is 19.3 Å². The van der Waals surface area contributed by atoms with E-state index in [4.69, 9.17) is 9.47 Å². The van der Waals surface area contributed by atoms with Gasteiger partial charge in [-0.25, -0.2) is 4.79 Å². The minimum atomic E-state index is -0.445. The van der Waals surface area contributed by atoms with E-state index in [1.54, 1.807) is 0 Å². The van der Waals surface area contributed by atoms with Gasteiger partial charge < -0.3 is 20.1 Å². The Hall–Kier alpha value is -0.810. The van der Waals surface area contributed by atoms with Gasteiger partial charge in [0.15, 0.2) is 0 Å². The molecule has 2 atom stereocenters. The highest BCUT2D eigenvalue weighted by atomic mass is 16.6. The normalized spacial score (nSPS) is 27.3. The van der Waals surface area contributed by atoms with Crippen molar-refractivity contribution in [2.24, 2.45) is 5.92 Å². The van der Waals surface area contributed by atoms with E-state index in [-0.39, 0.29) is 12.1 Å². The number of hydrogen-bond donors (Lipinski definition) is 2. The number of rotatable bonds is 4. The average Bonchev–Trinajstić information content (AvgIpc) is 2.69. The fraction of sp³-hybridized carbons (Fsp3) is 0.944. The van der Waals surface area contributed by atoms with Gasteiger partial charge in [0.25, 0.3) is 0 Å². The van der Waals surface area contributed by atoms with Gasteiger partial charge in [0.2, 0.25) is 0 Å². The lowest BCUT2D eigenvalue weighted by atomic mass is 9.98. The summed E-state index contributed by atoms with van der Waals surface area (Å²) in [6, 6.07) is 0.528. The average molecular weight is 326 g/mol. The van der Waals surface area contributed by atoms with Crippen LogP contribution in [0.1, 0.15) is 65.7 Å². The molecule has 1 aliphatic carbocycles. The van der Waals surface area contributed by atoms with Gasteiger partial charge >= 0.3 is 6.09 Å². The lowest BCUT2D eigenvalue weighted by Gasteiger charge is -2.31. The number of alkyl carbamates (subject to hydrolysis) is 1. The molecule has 0 aromatic heterocycles. The molecule has 1 saturated heterocycles. The highest BCUT2D eigenvalue weighted by Gasteiger charge is 2.27. The zero-order chi connectivity index (χ0) is 16.7. The third-order valence-electron chi connectivity index (χ3n) is 4.73. The SMILES string of the molecule is CC(C)(C)OC(=O)NC1CCCCCC1NCC1CCOCC1. The number of amides is 1. The third-order valence-corrected chi connectivity index (χ3v) is 4.73. The maximum Gasteiger partial charge on any atom is 0.407 e. The zero-order valence-corrected chi connectivity index (χ0v) is 15.0. The Balaban J connectivity index is 1.84. The molecule has 23 heavy (non-hydrogen) atoms. The monoisotopic (exact) mass is 326 g/mol. The van der Waals surface area contributed by atoms with Gasteiger partial charge in [-0.15, -0.1) is 0 Å². The smallest absolute Gasteiger partial charge is 0.407 e. The highest BCUT2D eigenvalue weighted by molar-refractivity contribution is 5.68. The first-order valence-electron chi connectivity index (χ1n) is 9.25. The highest BCUT2D eigenvalue weighted by Crippen LogP contribution is 2.20. The second kappa shape index (κ2) is 8.88. The van der Waals surface area contributed by atoms with Crippen molar-refractivity contribution < 1.29 is 14.3 Å².